The van der Waals surface area contributed by atoms with Gasteiger partial charge in [-0.05, 0) is 19.3 Å². The lowest BCUT2D eigenvalue weighted by molar-refractivity contribution is -0.142. The van der Waals surface area contributed by atoms with Crippen LogP contribution in [0, 0.1) is 5.92 Å². The number of aliphatic hydroxyl groups is 1. The molecule has 1 heterocycles. The number of carbonyl (C=O) groups is 2. The molecule has 1 aliphatic heterocycles. The van der Waals surface area contributed by atoms with Crippen molar-refractivity contribution in [3.63, 3.8) is 0 Å². The predicted molar refractivity (Wildman–Crippen MR) is 56.2 cm³/mol. The van der Waals surface area contributed by atoms with Gasteiger partial charge in [-0.2, -0.15) is 0 Å². The minimum absolute atomic E-state index is 0.332. The molecule has 2 fully saturated rings. The topological polar surface area (TPSA) is 78.4 Å². The number of nitrogens with one attached hydrogen (secondary N) is 2. The third kappa shape index (κ3) is 2.31. The van der Waals surface area contributed by atoms with Crippen LogP contribution in [-0.2, 0) is 9.59 Å². The molecule has 0 aromatic carbocycles. The summed E-state index contributed by atoms with van der Waals surface area (Å²) in [6.45, 7) is 0.434. The van der Waals surface area contributed by atoms with E-state index in [9.17, 15) is 14.7 Å². The van der Waals surface area contributed by atoms with Crippen LogP contribution in [0.5, 0.6) is 0 Å². The van der Waals surface area contributed by atoms with Crippen LogP contribution in [0.2, 0.25) is 0 Å². The van der Waals surface area contributed by atoms with Gasteiger partial charge in [-0.15, -0.1) is 0 Å². The lowest BCUT2D eigenvalue weighted by Gasteiger charge is -2.27. The molecule has 15 heavy (non-hydrogen) atoms. The number of rotatable bonds is 2. The zero-order valence-corrected chi connectivity index (χ0v) is 9.71. The summed E-state index contributed by atoms with van der Waals surface area (Å²) in [6, 6.07) is 0. The molecule has 1 saturated heterocycles. The van der Waals surface area contributed by atoms with Crippen molar-refractivity contribution in [3.05, 3.63) is 0 Å². The summed E-state index contributed by atoms with van der Waals surface area (Å²) in [6.07, 6.45) is 1.29. The van der Waals surface area contributed by atoms with Gasteiger partial charge in [-0.3, -0.25) is 9.59 Å². The van der Waals surface area contributed by atoms with Crippen molar-refractivity contribution >= 4 is 27.7 Å². The minimum Gasteiger partial charge on any atom is -0.392 e. The molecule has 2 amide bonds. The van der Waals surface area contributed by atoms with Gasteiger partial charge in [-0.25, -0.2) is 0 Å². The Labute approximate surface area is 95.7 Å². The lowest BCUT2D eigenvalue weighted by Crippen LogP contribution is -2.53. The maximum atomic E-state index is 11.7. The van der Waals surface area contributed by atoms with E-state index in [1.807, 2.05) is 0 Å². The third-order valence-corrected chi connectivity index (χ3v) is 3.72. The zero-order chi connectivity index (χ0) is 11.1. The Hall–Kier alpha value is -0.620. The largest absolute Gasteiger partial charge is 0.392 e. The van der Waals surface area contributed by atoms with Gasteiger partial charge in [0.05, 0.1) is 10.6 Å². The highest BCUT2D eigenvalue weighted by molar-refractivity contribution is 9.10. The fourth-order valence-corrected chi connectivity index (χ4v) is 2.02. The second kappa shape index (κ2) is 3.75. The average Bonchev–Trinajstić information content (AvgIpc) is 2.82. The first-order valence-electron chi connectivity index (χ1n) is 4.99. The predicted octanol–water partition coefficient (Wildman–Crippen LogP) is -0.515. The number of aliphatic hydroxyl groups excluding tert-OH is 1. The third-order valence-electron chi connectivity index (χ3n) is 2.73. The summed E-state index contributed by atoms with van der Waals surface area (Å²) in [5.41, 5.74) is 0. The molecular formula is C9H13BrN2O3. The smallest absolute Gasteiger partial charge is 0.236 e. The van der Waals surface area contributed by atoms with Crippen molar-refractivity contribution in [1.82, 2.24) is 10.6 Å². The van der Waals surface area contributed by atoms with E-state index >= 15 is 0 Å². The van der Waals surface area contributed by atoms with E-state index in [1.165, 1.54) is 0 Å². The summed E-state index contributed by atoms with van der Waals surface area (Å²) >= 11 is 3.35. The van der Waals surface area contributed by atoms with E-state index in [0.717, 1.165) is 12.8 Å². The number of alkyl halides is 1. The first kappa shape index (κ1) is 10.9. The first-order chi connectivity index (χ1) is 7.02. The van der Waals surface area contributed by atoms with E-state index < -0.39 is 17.9 Å². The van der Waals surface area contributed by atoms with Crippen LogP contribution in [-0.4, -0.2) is 34.0 Å². The number of amides is 2. The van der Waals surface area contributed by atoms with E-state index in [1.54, 1.807) is 0 Å². The first-order valence-corrected chi connectivity index (χ1v) is 5.78. The molecule has 1 aliphatic carbocycles. The van der Waals surface area contributed by atoms with Gasteiger partial charge in [0.15, 0.2) is 0 Å². The summed E-state index contributed by atoms with van der Waals surface area (Å²) in [7, 11) is 0. The standard InChI is InChI=1S/C9H13BrN2O3/c10-9(2-3-9)12-8(15)6-5(13)1-4-11-7(6)14/h5-6,13H,1-4H2,(H,11,14)(H,12,15). The summed E-state index contributed by atoms with van der Waals surface area (Å²) in [5, 5.41) is 14.9. The van der Waals surface area contributed by atoms with Crippen LogP contribution in [0.3, 0.4) is 0 Å². The van der Waals surface area contributed by atoms with Crippen LogP contribution in [0.4, 0.5) is 0 Å². The molecule has 0 spiro atoms. The number of halogens is 1. The monoisotopic (exact) mass is 276 g/mol. The molecule has 3 N–H and O–H groups in total. The van der Waals surface area contributed by atoms with Crippen LogP contribution in [0.1, 0.15) is 19.3 Å². The lowest BCUT2D eigenvalue weighted by atomic mass is 9.94. The Bertz CT molecular complexity index is 304. The molecule has 2 atom stereocenters. The molecule has 6 heteroatoms. The Balaban J connectivity index is 2.00. The van der Waals surface area contributed by atoms with Crippen molar-refractivity contribution in [2.45, 2.75) is 29.8 Å². The molecule has 1 saturated carbocycles. The SMILES string of the molecule is O=C1NCCC(O)C1C(=O)NC1(Br)CC1. The Morgan fingerprint density at radius 1 is 1.60 bits per heavy atom. The number of carbonyl (C=O) groups excluding carboxylic acids is 2. The van der Waals surface area contributed by atoms with E-state index in [0.29, 0.717) is 13.0 Å². The summed E-state index contributed by atoms with van der Waals surface area (Å²) < 4.78 is -0.332. The second-order valence-corrected chi connectivity index (χ2v) is 5.60. The molecule has 0 aromatic rings. The summed E-state index contributed by atoms with van der Waals surface area (Å²) in [5.74, 6) is -1.74. The van der Waals surface area contributed by atoms with Crippen molar-refractivity contribution in [3.8, 4) is 0 Å². The fourth-order valence-electron chi connectivity index (χ4n) is 1.62. The van der Waals surface area contributed by atoms with Crippen molar-refractivity contribution in [1.29, 1.82) is 0 Å². The van der Waals surface area contributed by atoms with Gasteiger partial charge in [-0.1, -0.05) is 15.9 Å². The molecule has 0 aromatic heterocycles. The summed E-state index contributed by atoms with van der Waals surface area (Å²) in [4.78, 5) is 23.1. The highest BCUT2D eigenvalue weighted by atomic mass is 79.9. The molecular weight excluding hydrogens is 264 g/mol. The van der Waals surface area contributed by atoms with E-state index in [4.69, 9.17) is 0 Å². The molecule has 84 valence electrons. The van der Waals surface area contributed by atoms with Gasteiger partial charge in [0.1, 0.15) is 5.92 Å². The highest BCUT2D eigenvalue weighted by Crippen LogP contribution is 2.41. The Morgan fingerprint density at radius 3 is 2.80 bits per heavy atom. The van der Waals surface area contributed by atoms with Crippen molar-refractivity contribution in [2.24, 2.45) is 5.92 Å². The Kier molecular flexibility index (Phi) is 2.72. The fraction of sp³-hybridized carbons (Fsp3) is 0.778. The van der Waals surface area contributed by atoms with E-state index in [2.05, 4.69) is 26.6 Å². The molecule has 2 unspecified atom stereocenters. The van der Waals surface area contributed by atoms with Gasteiger partial charge >= 0.3 is 0 Å². The van der Waals surface area contributed by atoms with Crippen molar-refractivity contribution < 1.29 is 14.7 Å². The van der Waals surface area contributed by atoms with Gasteiger partial charge < -0.3 is 15.7 Å². The maximum absolute atomic E-state index is 11.7. The van der Waals surface area contributed by atoms with E-state index in [-0.39, 0.29) is 10.4 Å². The number of hydrogen-bond acceptors (Lipinski definition) is 3. The van der Waals surface area contributed by atoms with Gasteiger partial charge in [0.2, 0.25) is 11.8 Å². The number of piperidine rings is 1. The Morgan fingerprint density at radius 2 is 2.27 bits per heavy atom. The van der Waals surface area contributed by atoms with Crippen LogP contribution < -0.4 is 10.6 Å². The highest BCUT2D eigenvalue weighted by Gasteiger charge is 2.45. The van der Waals surface area contributed by atoms with Gasteiger partial charge in [0, 0.05) is 6.54 Å². The van der Waals surface area contributed by atoms with Gasteiger partial charge in [0.25, 0.3) is 0 Å². The quantitative estimate of drug-likeness (QED) is 0.361. The van der Waals surface area contributed by atoms with Crippen LogP contribution >= 0.6 is 15.9 Å². The van der Waals surface area contributed by atoms with Crippen LogP contribution in [0.25, 0.3) is 0 Å². The molecule has 2 rings (SSSR count). The second-order valence-electron chi connectivity index (χ2n) is 4.08. The zero-order valence-electron chi connectivity index (χ0n) is 8.12. The molecule has 2 aliphatic rings. The molecule has 5 nitrogen and oxygen atoms in total. The van der Waals surface area contributed by atoms with Crippen LogP contribution in [0.15, 0.2) is 0 Å². The van der Waals surface area contributed by atoms with Crippen molar-refractivity contribution in [2.75, 3.05) is 6.54 Å². The maximum Gasteiger partial charge on any atom is 0.236 e. The average molecular weight is 277 g/mol. The minimum atomic E-state index is -0.964. The molecule has 0 bridgehead atoms. The number of hydrogen-bond donors (Lipinski definition) is 3. The normalized spacial score (nSPS) is 33.1. The molecule has 0 radical (unpaired) electrons.